The molecule has 2 saturated carbocycles. The van der Waals surface area contributed by atoms with Gasteiger partial charge in [-0.3, -0.25) is 9.69 Å². The van der Waals surface area contributed by atoms with Crippen LogP contribution < -0.4 is 10.6 Å². The van der Waals surface area contributed by atoms with Crippen molar-refractivity contribution in [2.24, 2.45) is 11.8 Å². The molecule has 5 amide bonds. The Kier molecular flexibility index (Phi) is 4.93. The Balaban J connectivity index is 1.45. The quantitative estimate of drug-likeness (QED) is 0.743. The fourth-order valence-corrected chi connectivity index (χ4v) is 4.12. The number of hydrogen-bond donors (Lipinski definition) is 2. The lowest BCUT2D eigenvalue weighted by atomic mass is 9.78. The summed E-state index contributed by atoms with van der Waals surface area (Å²) < 4.78 is 0. The highest BCUT2D eigenvalue weighted by Gasteiger charge is 2.51. The molecule has 1 aliphatic heterocycles. The molecule has 0 aromatic heterocycles. The van der Waals surface area contributed by atoms with Gasteiger partial charge in [0.1, 0.15) is 5.54 Å². The van der Waals surface area contributed by atoms with Crippen LogP contribution in [-0.4, -0.2) is 60.0 Å². The van der Waals surface area contributed by atoms with Gasteiger partial charge in [0, 0.05) is 26.7 Å². The molecular weight excluding hydrogens is 320 g/mol. The summed E-state index contributed by atoms with van der Waals surface area (Å²) in [5, 5.41) is 6.01. The maximum absolute atomic E-state index is 12.5. The molecule has 1 heterocycles. The molecule has 7 heteroatoms. The molecule has 0 bridgehead atoms. The Labute approximate surface area is 149 Å². The van der Waals surface area contributed by atoms with Crippen molar-refractivity contribution in [3.05, 3.63) is 0 Å². The number of nitrogens with one attached hydrogen (secondary N) is 2. The first-order valence-corrected chi connectivity index (χ1v) is 9.41. The van der Waals surface area contributed by atoms with Crippen LogP contribution in [0, 0.1) is 11.8 Å². The van der Waals surface area contributed by atoms with E-state index in [-0.39, 0.29) is 24.0 Å². The number of urea groups is 2. The molecule has 1 atom stereocenters. The normalized spacial score (nSPS) is 32.9. The summed E-state index contributed by atoms with van der Waals surface area (Å²) in [7, 11) is 3.26. The summed E-state index contributed by atoms with van der Waals surface area (Å²) in [6.45, 7) is 2.65. The molecule has 0 spiro atoms. The molecule has 2 aliphatic carbocycles. The second-order valence-corrected chi connectivity index (χ2v) is 8.20. The first kappa shape index (κ1) is 18.0. The van der Waals surface area contributed by atoms with Crippen molar-refractivity contribution in [1.29, 1.82) is 0 Å². The van der Waals surface area contributed by atoms with E-state index in [9.17, 15) is 14.4 Å². The predicted molar refractivity (Wildman–Crippen MR) is 94.0 cm³/mol. The van der Waals surface area contributed by atoms with Gasteiger partial charge in [-0.15, -0.1) is 0 Å². The van der Waals surface area contributed by atoms with E-state index in [0.717, 1.165) is 32.2 Å². The summed E-state index contributed by atoms with van der Waals surface area (Å²) in [5.74, 6) is 0.979. The molecule has 0 radical (unpaired) electrons. The van der Waals surface area contributed by atoms with Gasteiger partial charge in [0.2, 0.25) is 0 Å². The summed E-state index contributed by atoms with van der Waals surface area (Å²) in [6.07, 6.45) is 6.96. The maximum Gasteiger partial charge on any atom is 0.327 e. The van der Waals surface area contributed by atoms with Gasteiger partial charge in [-0.1, -0.05) is 0 Å². The zero-order chi connectivity index (χ0) is 18.2. The predicted octanol–water partition coefficient (Wildman–Crippen LogP) is 1.93. The van der Waals surface area contributed by atoms with Crippen molar-refractivity contribution in [2.45, 2.75) is 63.5 Å². The van der Waals surface area contributed by atoms with E-state index in [1.807, 2.05) is 6.92 Å². The summed E-state index contributed by atoms with van der Waals surface area (Å²) in [6, 6.07) is -0.0694. The molecular formula is C18H30N4O3. The molecule has 0 unspecified atom stereocenters. The maximum atomic E-state index is 12.5. The molecule has 3 rings (SSSR count). The third-order valence-electron chi connectivity index (χ3n) is 6.20. The van der Waals surface area contributed by atoms with Crippen LogP contribution in [0.25, 0.3) is 0 Å². The smallest absolute Gasteiger partial charge is 0.327 e. The highest BCUT2D eigenvalue weighted by molar-refractivity contribution is 6.06. The van der Waals surface area contributed by atoms with Gasteiger partial charge in [0.05, 0.1) is 0 Å². The number of carbonyl (C=O) groups excluding carboxylic acids is 3. The van der Waals surface area contributed by atoms with Crippen molar-refractivity contribution in [2.75, 3.05) is 20.6 Å². The van der Waals surface area contributed by atoms with Crippen LogP contribution in [0.1, 0.15) is 51.9 Å². The molecule has 3 fully saturated rings. The van der Waals surface area contributed by atoms with E-state index >= 15 is 0 Å². The molecule has 3 aliphatic rings. The lowest BCUT2D eigenvalue weighted by Gasteiger charge is -2.36. The van der Waals surface area contributed by atoms with Gasteiger partial charge in [0.25, 0.3) is 5.91 Å². The van der Waals surface area contributed by atoms with Crippen LogP contribution in [0.2, 0.25) is 0 Å². The zero-order valence-electron chi connectivity index (χ0n) is 15.5. The Bertz CT molecular complexity index is 555. The number of imide groups is 1. The van der Waals surface area contributed by atoms with E-state index in [4.69, 9.17) is 0 Å². The molecule has 7 nitrogen and oxygen atoms in total. The van der Waals surface area contributed by atoms with E-state index in [1.54, 1.807) is 19.0 Å². The van der Waals surface area contributed by atoms with Crippen LogP contribution in [0.15, 0.2) is 0 Å². The van der Waals surface area contributed by atoms with Gasteiger partial charge in [-0.2, -0.15) is 0 Å². The second-order valence-electron chi connectivity index (χ2n) is 8.20. The number of carbonyl (C=O) groups is 3. The zero-order valence-corrected chi connectivity index (χ0v) is 15.5. The average Bonchev–Trinajstić information content (AvgIpc) is 3.41. The summed E-state index contributed by atoms with van der Waals surface area (Å²) in [4.78, 5) is 39.2. The first-order chi connectivity index (χ1) is 11.8. The average molecular weight is 350 g/mol. The highest BCUT2D eigenvalue weighted by atomic mass is 16.2. The van der Waals surface area contributed by atoms with Crippen molar-refractivity contribution in [1.82, 2.24) is 20.4 Å². The van der Waals surface area contributed by atoms with Gasteiger partial charge in [0.15, 0.2) is 0 Å². The van der Waals surface area contributed by atoms with Gasteiger partial charge in [-0.05, 0) is 63.7 Å². The Morgan fingerprint density at radius 3 is 2.20 bits per heavy atom. The van der Waals surface area contributed by atoms with Crippen molar-refractivity contribution in [3.8, 4) is 0 Å². The van der Waals surface area contributed by atoms with Gasteiger partial charge >= 0.3 is 12.1 Å². The fraction of sp³-hybridized carbons (Fsp3) is 0.833. The minimum absolute atomic E-state index is 0.0553. The topological polar surface area (TPSA) is 81.8 Å². The fourth-order valence-electron chi connectivity index (χ4n) is 4.12. The van der Waals surface area contributed by atoms with Crippen LogP contribution >= 0.6 is 0 Å². The van der Waals surface area contributed by atoms with Gasteiger partial charge in [-0.25, -0.2) is 9.59 Å². The van der Waals surface area contributed by atoms with Crippen molar-refractivity contribution < 1.29 is 14.4 Å². The lowest BCUT2D eigenvalue weighted by molar-refractivity contribution is -0.132. The minimum atomic E-state index is -0.738. The molecule has 0 aromatic carbocycles. The molecule has 1 saturated heterocycles. The van der Waals surface area contributed by atoms with Crippen molar-refractivity contribution in [3.63, 3.8) is 0 Å². The monoisotopic (exact) mass is 350 g/mol. The first-order valence-electron chi connectivity index (χ1n) is 9.41. The summed E-state index contributed by atoms with van der Waals surface area (Å²) in [5.41, 5.74) is -0.738. The SMILES string of the molecule is CN1C(=O)N(C)[C@@](C)(CC2CCC(NC(=O)NCC3CC3)CC2)C1=O. The second kappa shape index (κ2) is 6.84. The van der Waals surface area contributed by atoms with Crippen LogP contribution in [0.4, 0.5) is 9.59 Å². The highest BCUT2D eigenvalue weighted by Crippen LogP contribution is 2.37. The largest absolute Gasteiger partial charge is 0.338 e. The van der Waals surface area contributed by atoms with E-state index in [1.165, 1.54) is 17.7 Å². The third kappa shape index (κ3) is 3.75. The van der Waals surface area contributed by atoms with Crippen molar-refractivity contribution >= 4 is 18.0 Å². The standard InChI is InChI=1S/C18H30N4O3/c1-18(15(23)21(2)17(25)22(18)3)10-12-6-8-14(9-7-12)20-16(24)19-11-13-4-5-13/h12-14H,4-11H2,1-3H3,(H2,19,20,24)/t12?,14?,18-/m0/s1. The third-order valence-corrected chi connectivity index (χ3v) is 6.20. The number of amides is 5. The van der Waals surface area contributed by atoms with E-state index in [2.05, 4.69) is 10.6 Å². The Morgan fingerprint density at radius 2 is 1.68 bits per heavy atom. The van der Waals surface area contributed by atoms with Crippen LogP contribution in [0.3, 0.4) is 0 Å². The molecule has 0 aromatic rings. The number of hydrogen-bond acceptors (Lipinski definition) is 3. The molecule has 2 N–H and O–H groups in total. The number of likely N-dealkylation sites (N-methyl/N-ethyl adjacent to an activating group) is 2. The number of nitrogens with zero attached hydrogens (tertiary/aromatic N) is 2. The Hall–Kier alpha value is -1.79. The van der Waals surface area contributed by atoms with E-state index < -0.39 is 5.54 Å². The van der Waals surface area contributed by atoms with E-state index in [0.29, 0.717) is 18.3 Å². The molecule has 140 valence electrons. The van der Waals surface area contributed by atoms with Gasteiger partial charge < -0.3 is 15.5 Å². The summed E-state index contributed by atoms with van der Waals surface area (Å²) >= 11 is 0. The molecule has 25 heavy (non-hydrogen) atoms. The van der Waals surface area contributed by atoms with Crippen LogP contribution in [-0.2, 0) is 4.79 Å². The van der Waals surface area contributed by atoms with Crippen LogP contribution in [0.5, 0.6) is 0 Å². The minimum Gasteiger partial charge on any atom is -0.338 e. The number of rotatable bonds is 5. The Morgan fingerprint density at radius 1 is 1.08 bits per heavy atom. The lowest BCUT2D eigenvalue weighted by Crippen LogP contribution is -2.48.